The summed E-state index contributed by atoms with van der Waals surface area (Å²) in [4.78, 5) is 11.8. The van der Waals surface area contributed by atoms with Crippen molar-refractivity contribution in [2.75, 3.05) is 13.7 Å². The Morgan fingerprint density at radius 2 is 1.86 bits per heavy atom. The fourth-order valence-electron chi connectivity index (χ4n) is 2.04. The van der Waals surface area contributed by atoms with E-state index in [1.165, 1.54) is 6.08 Å². The second-order valence-corrected chi connectivity index (χ2v) is 4.75. The van der Waals surface area contributed by atoms with Crippen LogP contribution in [0.5, 0.6) is 5.75 Å². The molecule has 1 amide bonds. The minimum atomic E-state index is -0.815. The number of nitrogens with one attached hydrogen (secondary N) is 1. The average Bonchev–Trinajstić information content (AvgIpc) is 2.58. The van der Waals surface area contributed by atoms with Gasteiger partial charge in [0.05, 0.1) is 13.2 Å². The van der Waals surface area contributed by atoms with Crippen molar-refractivity contribution in [2.45, 2.75) is 6.10 Å². The average molecular weight is 297 g/mol. The zero-order chi connectivity index (χ0) is 15.8. The van der Waals surface area contributed by atoms with Gasteiger partial charge in [-0.3, -0.25) is 4.79 Å². The molecule has 2 aromatic carbocycles. The number of ether oxygens (including phenoxy) is 1. The van der Waals surface area contributed by atoms with E-state index in [0.717, 1.165) is 5.56 Å². The molecular formula is C18H19NO3. The maximum atomic E-state index is 11.8. The molecule has 0 saturated heterocycles. The molecule has 4 nitrogen and oxygen atoms in total. The zero-order valence-electron chi connectivity index (χ0n) is 12.4. The van der Waals surface area contributed by atoms with E-state index in [1.807, 2.05) is 42.5 Å². The molecule has 0 aromatic heterocycles. The Morgan fingerprint density at radius 3 is 2.59 bits per heavy atom. The predicted octanol–water partition coefficient (Wildman–Crippen LogP) is 2.56. The highest BCUT2D eigenvalue weighted by atomic mass is 16.5. The molecule has 2 aromatic rings. The maximum Gasteiger partial charge on any atom is 0.244 e. The largest absolute Gasteiger partial charge is 0.496 e. The topological polar surface area (TPSA) is 58.6 Å². The summed E-state index contributed by atoms with van der Waals surface area (Å²) in [6.45, 7) is 0.123. The highest BCUT2D eigenvalue weighted by molar-refractivity contribution is 5.91. The van der Waals surface area contributed by atoms with Crippen molar-refractivity contribution < 1.29 is 14.6 Å². The number of carbonyl (C=O) groups excluding carboxylic acids is 1. The standard InChI is InChI=1S/C18H19NO3/c1-22-17-10-6-5-9-15(17)16(20)13-19-18(21)12-11-14-7-3-2-4-8-14/h2-12,16,20H,13H2,1H3,(H,19,21)/b12-11+/t16-/m1/s1. The Morgan fingerprint density at radius 1 is 1.18 bits per heavy atom. The van der Waals surface area contributed by atoms with E-state index < -0.39 is 6.10 Å². The van der Waals surface area contributed by atoms with Crippen molar-refractivity contribution in [2.24, 2.45) is 0 Å². The summed E-state index contributed by atoms with van der Waals surface area (Å²) < 4.78 is 5.19. The number of methoxy groups -OCH3 is 1. The second kappa shape index (κ2) is 8.00. The first-order valence-electron chi connectivity index (χ1n) is 7.02. The molecule has 0 bridgehead atoms. The van der Waals surface area contributed by atoms with E-state index in [1.54, 1.807) is 25.3 Å². The molecule has 22 heavy (non-hydrogen) atoms. The molecule has 0 aliphatic rings. The molecule has 2 N–H and O–H groups in total. The van der Waals surface area contributed by atoms with E-state index in [4.69, 9.17) is 4.74 Å². The van der Waals surface area contributed by atoms with Crippen LogP contribution in [0.1, 0.15) is 17.2 Å². The van der Waals surface area contributed by atoms with Crippen molar-refractivity contribution in [3.8, 4) is 5.75 Å². The summed E-state index contributed by atoms with van der Waals surface area (Å²) in [6.07, 6.45) is 2.36. The zero-order valence-corrected chi connectivity index (χ0v) is 12.4. The Balaban J connectivity index is 1.89. The number of carbonyl (C=O) groups is 1. The van der Waals surface area contributed by atoms with Gasteiger partial charge < -0.3 is 15.2 Å². The number of para-hydroxylation sites is 1. The van der Waals surface area contributed by atoms with Gasteiger partial charge in [0.25, 0.3) is 0 Å². The second-order valence-electron chi connectivity index (χ2n) is 4.75. The third kappa shape index (κ3) is 4.46. The van der Waals surface area contributed by atoms with Crippen LogP contribution in [0.2, 0.25) is 0 Å². The Kier molecular flexibility index (Phi) is 5.74. The lowest BCUT2D eigenvalue weighted by Gasteiger charge is -2.14. The minimum absolute atomic E-state index is 0.123. The lowest BCUT2D eigenvalue weighted by Crippen LogP contribution is -2.26. The van der Waals surface area contributed by atoms with Crippen molar-refractivity contribution in [1.29, 1.82) is 0 Å². The number of aliphatic hydroxyl groups is 1. The third-order valence-electron chi connectivity index (χ3n) is 3.19. The minimum Gasteiger partial charge on any atom is -0.496 e. The summed E-state index contributed by atoms with van der Waals surface area (Å²) in [5, 5.41) is 12.8. The van der Waals surface area contributed by atoms with Crippen LogP contribution in [0.3, 0.4) is 0 Å². The number of hydrogen-bond acceptors (Lipinski definition) is 3. The maximum absolute atomic E-state index is 11.8. The van der Waals surface area contributed by atoms with Crippen LogP contribution in [0.4, 0.5) is 0 Å². The number of rotatable bonds is 6. The number of aliphatic hydroxyl groups excluding tert-OH is 1. The SMILES string of the molecule is COc1ccccc1[C@H](O)CNC(=O)/C=C/c1ccccc1. The van der Waals surface area contributed by atoms with E-state index >= 15 is 0 Å². The van der Waals surface area contributed by atoms with Crippen molar-refractivity contribution in [3.05, 3.63) is 71.8 Å². The quantitative estimate of drug-likeness (QED) is 0.806. The van der Waals surface area contributed by atoms with E-state index in [9.17, 15) is 9.90 Å². The molecule has 4 heteroatoms. The molecule has 0 fully saturated rings. The van der Waals surface area contributed by atoms with Gasteiger partial charge in [-0.25, -0.2) is 0 Å². The summed E-state index contributed by atoms with van der Waals surface area (Å²) >= 11 is 0. The van der Waals surface area contributed by atoms with Gasteiger partial charge in [0, 0.05) is 18.2 Å². The van der Waals surface area contributed by atoms with Crippen molar-refractivity contribution >= 4 is 12.0 Å². The fourth-order valence-corrected chi connectivity index (χ4v) is 2.04. The molecule has 0 radical (unpaired) electrons. The van der Waals surface area contributed by atoms with Gasteiger partial charge in [-0.15, -0.1) is 0 Å². The monoisotopic (exact) mass is 297 g/mol. The van der Waals surface area contributed by atoms with Gasteiger partial charge in [0.15, 0.2) is 0 Å². The van der Waals surface area contributed by atoms with E-state index in [-0.39, 0.29) is 12.5 Å². The molecule has 0 saturated carbocycles. The predicted molar refractivity (Wildman–Crippen MR) is 86.4 cm³/mol. The van der Waals surface area contributed by atoms with Gasteiger partial charge in [-0.1, -0.05) is 48.5 Å². The summed E-state index contributed by atoms with van der Waals surface area (Å²) in [6, 6.07) is 16.7. The lowest BCUT2D eigenvalue weighted by molar-refractivity contribution is -0.116. The smallest absolute Gasteiger partial charge is 0.244 e. The first kappa shape index (κ1) is 15.8. The molecular weight excluding hydrogens is 278 g/mol. The number of hydrogen-bond donors (Lipinski definition) is 2. The molecule has 0 unspecified atom stereocenters. The van der Waals surface area contributed by atoms with Crippen LogP contribution in [0.15, 0.2) is 60.7 Å². The van der Waals surface area contributed by atoms with Crippen LogP contribution in [0, 0.1) is 0 Å². The Labute approximate surface area is 130 Å². The van der Waals surface area contributed by atoms with Gasteiger partial charge >= 0.3 is 0 Å². The number of amides is 1. The molecule has 0 heterocycles. The highest BCUT2D eigenvalue weighted by Crippen LogP contribution is 2.23. The van der Waals surface area contributed by atoms with Gasteiger partial charge in [-0.05, 0) is 17.7 Å². The summed E-state index contributed by atoms with van der Waals surface area (Å²) in [7, 11) is 1.55. The highest BCUT2D eigenvalue weighted by Gasteiger charge is 2.12. The van der Waals surface area contributed by atoms with Gasteiger partial charge in [0.2, 0.25) is 5.91 Å². The van der Waals surface area contributed by atoms with Gasteiger partial charge in [0.1, 0.15) is 5.75 Å². The molecule has 1 atom stereocenters. The van der Waals surface area contributed by atoms with Crippen LogP contribution in [-0.4, -0.2) is 24.7 Å². The van der Waals surface area contributed by atoms with Crippen LogP contribution < -0.4 is 10.1 Å². The third-order valence-corrected chi connectivity index (χ3v) is 3.19. The molecule has 2 rings (SSSR count). The lowest BCUT2D eigenvalue weighted by atomic mass is 10.1. The molecule has 114 valence electrons. The van der Waals surface area contributed by atoms with E-state index in [2.05, 4.69) is 5.32 Å². The Bertz CT molecular complexity index is 638. The normalized spacial score (nSPS) is 12.1. The fraction of sp³-hybridized carbons (Fsp3) is 0.167. The number of benzene rings is 2. The molecule has 0 aliphatic heterocycles. The van der Waals surface area contributed by atoms with Crippen molar-refractivity contribution in [3.63, 3.8) is 0 Å². The van der Waals surface area contributed by atoms with Crippen LogP contribution in [-0.2, 0) is 4.79 Å². The summed E-state index contributed by atoms with van der Waals surface area (Å²) in [5.41, 5.74) is 1.60. The molecule has 0 aliphatic carbocycles. The van der Waals surface area contributed by atoms with E-state index in [0.29, 0.717) is 11.3 Å². The van der Waals surface area contributed by atoms with Gasteiger partial charge in [-0.2, -0.15) is 0 Å². The first-order valence-corrected chi connectivity index (χ1v) is 7.02. The summed E-state index contributed by atoms with van der Waals surface area (Å²) in [5.74, 6) is 0.349. The van der Waals surface area contributed by atoms with Crippen molar-refractivity contribution in [1.82, 2.24) is 5.32 Å². The van der Waals surface area contributed by atoms with Crippen LogP contribution >= 0.6 is 0 Å². The first-order chi connectivity index (χ1) is 10.7. The van der Waals surface area contributed by atoms with Crippen LogP contribution in [0.25, 0.3) is 6.08 Å². The Hall–Kier alpha value is -2.59. The molecule has 0 spiro atoms.